The Hall–Kier alpha value is -5.23. The number of carbonyl (C=O) groups is 1. The average molecular weight is 694 g/mol. The molecule has 270 valence electrons. The maximum atomic E-state index is 12.3. The molecule has 2 N–H and O–H groups in total. The second-order valence-corrected chi connectivity index (χ2v) is 14.3. The molecule has 52 heavy (non-hydrogen) atoms. The van der Waals surface area contributed by atoms with Crippen molar-refractivity contribution in [2.24, 2.45) is 4.99 Å². The Labute approximate surface area is 311 Å². The van der Waals surface area contributed by atoms with Gasteiger partial charge in [-0.05, 0) is 91.8 Å². The number of aryl methyl sites for hydroxylation is 2. The SMILES string of the molecule is C=CCCC(C(=C)NC)N(C=O)C(=C)c1cccc(NCCCCc2ccc(C(C)(C)c3ccc(CCC4=Nc5ncccc5C4)cc3)cc2)c1C. The molecule has 0 spiro atoms. The van der Waals surface area contributed by atoms with E-state index in [2.05, 4.69) is 117 Å². The Morgan fingerprint density at radius 1 is 0.923 bits per heavy atom. The summed E-state index contributed by atoms with van der Waals surface area (Å²) < 4.78 is 0. The molecule has 0 radical (unpaired) electrons. The van der Waals surface area contributed by atoms with E-state index in [0.29, 0.717) is 5.70 Å². The molecular weight excluding hydrogens is 639 g/mol. The third-order valence-corrected chi connectivity index (χ3v) is 10.6. The molecule has 6 nitrogen and oxygen atoms in total. The van der Waals surface area contributed by atoms with Crippen LogP contribution in [-0.2, 0) is 29.5 Å². The van der Waals surface area contributed by atoms with Crippen LogP contribution in [0.2, 0.25) is 0 Å². The van der Waals surface area contributed by atoms with E-state index < -0.39 is 0 Å². The summed E-state index contributed by atoms with van der Waals surface area (Å²) in [6.45, 7) is 19.9. The largest absolute Gasteiger partial charge is 0.390 e. The number of unbranched alkanes of at least 4 members (excludes halogenated alkanes) is 1. The summed E-state index contributed by atoms with van der Waals surface area (Å²) in [6, 6.07) is 28.3. The molecule has 4 aromatic rings. The standard InChI is InChI=1S/C46H55N5O/c1-8-9-18-44(34(3)47-7)51(32-52)35(4)42-16-12-17-43(33(42)2)48-29-11-10-14-36-19-24-39(25-20-36)46(5,6)40-26-21-37(22-27-40)23-28-41-31-38-15-13-30-49-45(38)50-41/h8,12-13,15-17,19-22,24-27,30,32,44,47-48H,1,3-4,9-11,14,18,23,28-29,31H2,2,5-7H3. The molecule has 5 rings (SSSR count). The molecule has 2 heterocycles. The van der Waals surface area contributed by atoms with Gasteiger partial charge in [-0.1, -0.05) is 99.8 Å². The highest BCUT2D eigenvalue weighted by Gasteiger charge is 2.25. The lowest BCUT2D eigenvalue weighted by atomic mass is 9.77. The third kappa shape index (κ3) is 9.16. The maximum Gasteiger partial charge on any atom is 0.214 e. The van der Waals surface area contributed by atoms with Gasteiger partial charge in [0.05, 0.1) is 6.04 Å². The molecule has 0 saturated heterocycles. The lowest BCUT2D eigenvalue weighted by molar-refractivity contribution is -0.116. The fraction of sp³-hybridized carbons (Fsp3) is 0.326. The van der Waals surface area contributed by atoms with Gasteiger partial charge in [-0.25, -0.2) is 9.98 Å². The van der Waals surface area contributed by atoms with Gasteiger partial charge in [0.25, 0.3) is 0 Å². The lowest BCUT2D eigenvalue weighted by Crippen LogP contribution is -2.37. The molecular formula is C46H55N5O. The molecule has 6 heteroatoms. The average Bonchev–Trinajstić information content (AvgIpc) is 3.59. The Kier molecular flexibility index (Phi) is 13.0. The number of fused-ring (bicyclic) bond motifs is 1. The van der Waals surface area contributed by atoms with Crippen LogP contribution < -0.4 is 10.6 Å². The molecule has 0 fully saturated rings. The fourth-order valence-corrected chi connectivity index (χ4v) is 7.06. The van der Waals surface area contributed by atoms with Crippen LogP contribution in [0.15, 0.2) is 122 Å². The number of anilines is 1. The zero-order valence-electron chi connectivity index (χ0n) is 31.6. The number of nitrogens with one attached hydrogen (secondary N) is 2. The molecule has 3 aromatic carbocycles. The number of nitrogens with zero attached hydrogens (tertiary/aromatic N) is 3. The summed E-state index contributed by atoms with van der Waals surface area (Å²) in [5.41, 5.74) is 12.2. The van der Waals surface area contributed by atoms with Gasteiger partial charge in [0.15, 0.2) is 5.82 Å². The molecule has 0 aliphatic carbocycles. The van der Waals surface area contributed by atoms with Crippen molar-refractivity contribution in [3.8, 4) is 0 Å². The van der Waals surface area contributed by atoms with E-state index in [1.54, 1.807) is 4.90 Å². The number of amides is 1. The first kappa shape index (κ1) is 38.0. The fourth-order valence-electron chi connectivity index (χ4n) is 7.06. The molecule has 1 aliphatic rings. The van der Waals surface area contributed by atoms with Crippen LogP contribution in [0.5, 0.6) is 0 Å². The van der Waals surface area contributed by atoms with Gasteiger partial charge in [-0.3, -0.25) is 4.79 Å². The van der Waals surface area contributed by atoms with E-state index >= 15 is 0 Å². The number of rotatable bonds is 20. The monoisotopic (exact) mass is 693 g/mol. The Balaban J connectivity index is 1.09. The van der Waals surface area contributed by atoms with E-state index in [1.165, 1.54) is 33.5 Å². The van der Waals surface area contributed by atoms with Crippen LogP contribution >= 0.6 is 0 Å². The number of carbonyl (C=O) groups excluding carboxylic acids is 1. The van der Waals surface area contributed by atoms with Crippen molar-refractivity contribution >= 4 is 29.3 Å². The van der Waals surface area contributed by atoms with E-state index in [0.717, 1.165) is 92.7 Å². The minimum Gasteiger partial charge on any atom is -0.390 e. The highest BCUT2D eigenvalue weighted by atomic mass is 16.1. The van der Waals surface area contributed by atoms with Crippen molar-refractivity contribution in [1.29, 1.82) is 0 Å². The Morgan fingerprint density at radius 2 is 1.62 bits per heavy atom. The van der Waals surface area contributed by atoms with Gasteiger partial charge < -0.3 is 15.5 Å². The third-order valence-electron chi connectivity index (χ3n) is 10.6. The Bertz CT molecular complexity index is 1890. The van der Waals surface area contributed by atoms with Crippen LogP contribution in [0.4, 0.5) is 11.5 Å². The van der Waals surface area contributed by atoms with E-state index in [-0.39, 0.29) is 11.5 Å². The quantitative estimate of drug-likeness (QED) is 0.0549. The first-order chi connectivity index (χ1) is 25.2. The molecule has 1 aliphatic heterocycles. The van der Waals surface area contributed by atoms with E-state index in [9.17, 15) is 4.79 Å². The van der Waals surface area contributed by atoms with Crippen LogP contribution in [-0.4, -0.2) is 41.6 Å². The van der Waals surface area contributed by atoms with E-state index in [1.807, 2.05) is 37.5 Å². The zero-order chi connectivity index (χ0) is 37.1. The van der Waals surface area contributed by atoms with Crippen molar-refractivity contribution in [3.63, 3.8) is 0 Å². The minimum atomic E-state index is -0.207. The molecule has 1 unspecified atom stereocenters. The number of hydrogen-bond donors (Lipinski definition) is 2. The normalized spacial score (nSPS) is 12.7. The van der Waals surface area contributed by atoms with Crippen molar-refractivity contribution in [2.75, 3.05) is 18.9 Å². The number of benzene rings is 3. The van der Waals surface area contributed by atoms with Crippen LogP contribution in [0.1, 0.15) is 84.9 Å². The summed E-state index contributed by atoms with van der Waals surface area (Å²) in [7, 11) is 1.83. The summed E-state index contributed by atoms with van der Waals surface area (Å²) in [4.78, 5) is 23.1. The number of aliphatic imine (C=N–C) groups is 1. The van der Waals surface area contributed by atoms with Gasteiger partial charge >= 0.3 is 0 Å². The zero-order valence-corrected chi connectivity index (χ0v) is 31.6. The van der Waals surface area contributed by atoms with Gasteiger partial charge in [0.2, 0.25) is 6.41 Å². The van der Waals surface area contributed by atoms with Crippen LogP contribution in [0.3, 0.4) is 0 Å². The van der Waals surface area contributed by atoms with Crippen molar-refractivity contribution in [1.82, 2.24) is 15.2 Å². The van der Waals surface area contributed by atoms with Crippen LogP contribution in [0.25, 0.3) is 5.70 Å². The number of pyridine rings is 1. The first-order valence-electron chi connectivity index (χ1n) is 18.6. The second-order valence-electron chi connectivity index (χ2n) is 14.3. The summed E-state index contributed by atoms with van der Waals surface area (Å²) in [5.74, 6) is 0.888. The smallest absolute Gasteiger partial charge is 0.214 e. The number of likely N-dealkylation sites (N-methyl/N-ethyl adjacent to an activating group) is 1. The highest BCUT2D eigenvalue weighted by molar-refractivity contribution is 5.93. The number of hydrogen-bond acceptors (Lipinski definition) is 5. The van der Waals surface area contributed by atoms with Crippen molar-refractivity contribution in [3.05, 3.63) is 156 Å². The first-order valence-corrected chi connectivity index (χ1v) is 18.6. The maximum absolute atomic E-state index is 12.3. The van der Waals surface area contributed by atoms with Gasteiger partial charge in [0, 0.05) is 65.5 Å². The Morgan fingerprint density at radius 3 is 2.25 bits per heavy atom. The minimum absolute atomic E-state index is 0.0857. The molecule has 0 bridgehead atoms. The predicted octanol–water partition coefficient (Wildman–Crippen LogP) is 9.91. The predicted molar refractivity (Wildman–Crippen MR) is 219 cm³/mol. The van der Waals surface area contributed by atoms with Crippen molar-refractivity contribution < 1.29 is 4.79 Å². The molecule has 1 aromatic heterocycles. The van der Waals surface area contributed by atoms with Gasteiger partial charge in [-0.2, -0.15) is 0 Å². The van der Waals surface area contributed by atoms with E-state index in [4.69, 9.17) is 4.99 Å². The lowest BCUT2D eigenvalue weighted by Gasteiger charge is -2.32. The summed E-state index contributed by atoms with van der Waals surface area (Å²) in [6.07, 6.45) is 12.1. The van der Waals surface area contributed by atoms with Gasteiger partial charge in [0.1, 0.15) is 0 Å². The van der Waals surface area contributed by atoms with Gasteiger partial charge in [-0.15, -0.1) is 6.58 Å². The summed E-state index contributed by atoms with van der Waals surface area (Å²) >= 11 is 0. The molecule has 1 amide bonds. The van der Waals surface area contributed by atoms with Crippen molar-refractivity contribution in [2.45, 2.75) is 83.6 Å². The summed E-state index contributed by atoms with van der Waals surface area (Å²) in [5, 5.41) is 6.74. The number of allylic oxidation sites excluding steroid dienone is 1. The topological polar surface area (TPSA) is 69.6 Å². The second kappa shape index (κ2) is 17.8. The van der Waals surface area contributed by atoms with Crippen LogP contribution in [0, 0.1) is 6.92 Å². The molecule has 1 atom stereocenters. The number of aromatic nitrogens is 1. The highest BCUT2D eigenvalue weighted by Crippen LogP contribution is 2.33. The molecule has 0 saturated carbocycles.